The van der Waals surface area contributed by atoms with Crippen LogP contribution in [0.2, 0.25) is 0 Å². The van der Waals surface area contributed by atoms with Crippen LogP contribution in [0, 0.1) is 0 Å². The maximum absolute atomic E-state index is 5.96. The summed E-state index contributed by atoms with van der Waals surface area (Å²) in [6.07, 6.45) is 8.05. The molecule has 3 nitrogen and oxygen atoms in total. The molecule has 4 heteroatoms. The maximum atomic E-state index is 5.96. The Morgan fingerprint density at radius 3 is 2.43 bits per heavy atom. The second kappa shape index (κ2) is 11.7. The van der Waals surface area contributed by atoms with Gasteiger partial charge in [0.1, 0.15) is 0 Å². The summed E-state index contributed by atoms with van der Waals surface area (Å²) in [5, 5.41) is 3.53. The lowest BCUT2D eigenvalue weighted by molar-refractivity contribution is 0.227. The average Bonchev–Trinajstić information content (AvgIpc) is 2.51. The minimum atomic E-state index is 0.127. The number of halogens is 1. The standard InChI is InChI=1S/C19H32BrNO2/c1-5-6-7-8-9-10-11-21-14-16-12-17(20)13-18(22-4)19(16)23-15(2)3/h12-13,15,21H,5-11,14H2,1-4H3. The summed E-state index contributed by atoms with van der Waals surface area (Å²) in [5.41, 5.74) is 1.14. The SMILES string of the molecule is CCCCCCCCNCc1cc(Br)cc(OC)c1OC(C)C. The third-order valence-corrected chi connectivity index (χ3v) is 4.15. The summed E-state index contributed by atoms with van der Waals surface area (Å²) in [6, 6.07) is 4.06. The van der Waals surface area contributed by atoms with Crippen LogP contribution in [0.25, 0.3) is 0 Å². The van der Waals surface area contributed by atoms with Gasteiger partial charge >= 0.3 is 0 Å². The number of rotatable bonds is 12. The third-order valence-electron chi connectivity index (χ3n) is 3.69. The zero-order valence-electron chi connectivity index (χ0n) is 15.1. The van der Waals surface area contributed by atoms with Crippen LogP contribution >= 0.6 is 15.9 Å². The van der Waals surface area contributed by atoms with Gasteiger partial charge in [0.05, 0.1) is 13.2 Å². The molecule has 0 aliphatic rings. The Morgan fingerprint density at radius 1 is 1.09 bits per heavy atom. The number of nitrogens with one attached hydrogen (secondary N) is 1. The molecule has 0 unspecified atom stereocenters. The van der Waals surface area contributed by atoms with Crippen LogP contribution in [-0.2, 0) is 6.54 Å². The van der Waals surface area contributed by atoms with E-state index in [-0.39, 0.29) is 6.10 Å². The highest BCUT2D eigenvalue weighted by Crippen LogP contribution is 2.35. The highest BCUT2D eigenvalue weighted by Gasteiger charge is 2.13. The van der Waals surface area contributed by atoms with Gasteiger partial charge in [-0.15, -0.1) is 0 Å². The van der Waals surface area contributed by atoms with Crippen LogP contribution in [-0.4, -0.2) is 19.8 Å². The number of benzene rings is 1. The van der Waals surface area contributed by atoms with Gasteiger partial charge in [-0.2, -0.15) is 0 Å². The second-order valence-electron chi connectivity index (χ2n) is 6.21. The van der Waals surface area contributed by atoms with Crippen LogP contribution in [0.3, 0.4) is 0 Å². The first-order valence-corrected chi connectivity index (χ1v) is 9.61. The zero-order valence-corrected chi connectivity index (χ0v) is 16.7. The molecule has 0 aromatic heterocycles. The summed E-state index contributed by atoms with van der Waals surface area (Å²) in [5.74, 6) is 1.63. The van der Waals surface area contributed by atoms with Gasteiger partial charge in [-0.3, -0.25) is 0 Å². The molecule has 0 saturated carbocycles. The lowest BCUT2D eigenvalue weighted by atomic mass is 10.1. The van der Waals surface area contributed by atoms with Crippen molar-refractivity contribution in [3.05, 3.63) is 22.2 Å². The second-order valence-corrected chi connectivity index (χ2v) is 7.12. The number of hydrogen-bond donors (Lipinski definition) is 1. The topological polar surface area (TPSA) is 30.5 Å². The van der Waals surface area contributed by atoms with Crippen molar-refractivity contribution in [3.63, 3.8) is 0 Å². The summed E-state index contributed by atoms with van der Waals surface area (Å²) in [7, 11) is 1.68. The van der Waals surface area contributed by atoms with Gasteiger partial charge in [0, 0.05) is 16.6 Å². The van der Waals surface area contributed by atoms with E-state index < -0.39 is 0 Å². The van der Waals surface area contributed by atoms with E-state index in [1.807, 2.05) is 19.9 Å². The predicted molar refractivity (Wildman–Crippen MR) is 102 cm³/mol. The molecule has 1 aromatic rings. The van der Waals surface area contributed by atoms with Gasteiger partial charge < -0.3 is 14.8 Å². The molecule has 0 aliphatic carbocycles. The van der Waals surface area contributed by atoms with E-state index in [2.05, 4.69) is 34.2 Å². The normalized spacial score (nSPS) is 11.0. The molecule has 0 amide bonds. The zero-order chi connectivity index (χ0) is 17.1. The Kier molecular flexibility index (Phi) is 10.4. The summed E-state index contributed by atoms with van der Waals surface area (Å²) in [4.78, 5) is 0. The fourth-order valence-electron chi connectivity index (χ4n) is 2.53. The summed E-state index contributed by atoms with van der Waals surface area (Å²) in [6.45, 7) is 8.17. The number of hydrogen-bond acceptors (Lipinski definition) is 3. The fraction of sp³-hybridized carbons (Fsp3) is 0.684. The third kappa shape index (κ3) is 8.07. The molecular weight excluding hydrogens is 354 g/mol. The highest BCUT2D eigenvalue weighted by atomic mass is 79.9. The van der Waals surface area contributed by atoms with Gasteiger partial charge in [-0.25, -0.2) is 0 Å². The van der Waals surface area contributed by atoms with Gasteiger partial charge in [0.15, 0.2) is 11.5 Å². The van der Waals surface area contributed by atoms with Crippen molar-refractivity contribution in [2.24, 2.45) is 0 Å². The molecule has 0 fully saturated rings. The van der Waals surface area contributed by atoms with Crippen LogP contribution in [0.4, 0.5) is 0 Å². The molecule has 0 bridgehead atoms. The van der Waals surface area contributed by atoms with E-state index in [0.29, 0.717) is 0 Å². The molecule has 23 heavy (non-hydrogen) atoms. The Labute approximate surface area is 150 Å². The monoisotopic (exact) mass is 385 g/mol. The molecular formula is C19H32BrNO2. The van der Waals surface area contributed by atoms with Crippen molar-refractivity contribution < 1.29 is 9.47 Å². The van der Waals surface area contributed by atoms with E-state index >= 15 is 0 Å². The Bertz CT molecular complexity index is 449. The van der Waals surface area contributed by atoms with Crippen molar-refractivity contribution in [2.45, 2.75) is 71.9 Å². The molecule has 0 saturated heterocycles. The minimum absolute atomic E-state index is 0.127. The molecule has 1 aromatic carbocycles. The number of methoxy groups -OCH3 is 1. The van der Waals surface area contributed by atoms with E-state index in [9.17, 15) is 0 Å². The largest absolute Gasteiger partial charge is 0.493 e. The quantitative estimate of drug-likeness (QED) is 0.468. The first-order valence-electron chi connectivity index (χ1n) is 8.82. The minimum Gasteiger partial charge on any atom is -0.493 e. The van der Waals surface area contributed by atoms with Gasteiger partial charge in [0.25, 0.3) is 0 Å². The average molecular weight is 386 g/mol. The lowest BCUT2D eigenvalue weighted by Crippen LogP contribution is -2.17. The van der Waals surface area contributed by atoms with Gasteiger partial charge in [-0.05, 0) is 38.9 Å². The van der Waals surface area contributed by atoms with Gasteiger partial charge in [-0.1, -0.05) is 55.0 Å². The molecule has 1 N–H and O–H groups in total. The van der Waals surface area contributed by atoms with Crippen LogP contribution < -0.4 is 14.8 Å². The first-order chi connectivity index (χ1) is 11.1. The van der Waals surface area contributed by atoms with Crippen molar-refractivity contribution in [1.82, 2.24) is 5.32 Å². The molecule has 0 atom stereocenters. The van der Waals surface area contributed by atoms with Crippen molar-refractivity contribution >= 4 is 15.9 Å². The van der Waals surface area contributed by atoms with E-state index in [0.717, 1.165) is 34.6 Å². The van der Waals surface area contributed by atoms with E-state index in [1.54, 1.807) is 7.11 Å². The van der Waals surface area contributed by atoms with Crippen LogP contribution in [0.5, 0.6) is 11.5 Å². The van der Waals surface area contributed by atoms with E-state index in [1.165, 1.54) is 38.5 Å². The maximum Gasteiger partial charge on any atom is 0.166 e. The molecule has 0 radical (unpaired) electrons. The smallest absolute Gasteiger partial charge is 0.166 e. The van der Waals surface area contributed by atoms with Crippen molar-refractivity contribution in [2.75, 3.05) is 13.7 Å². The van der Waals surface area contributed by atoms with Gasteiger partial charge in [0.2, 0.25) is 0 Å². The predicted octanol–water partition coefficient (Wildman–Crippen LogP) is 5.70. The van der Waals surface area contributed by atoms with Crippen molar-refractivity contribution in [1.29, 1.82) is 0 Å². The Morgan fingerprint density at radius 2 is 1.78 bits per heavy atom. The molecule has 0 aliphatic heterocycles. The van der Waals surface area contributed by atoms with Crippen LogP contribution in [0.15, 0.2) is 16.6 Å². The summed E-state index contributed by atoms with van der Waals surface area (Å²) < 4.78 is 12.4. The number of unbranched alkanes of at least 4 members (excludes halogenated alkanes) is 5. The fourth-order valence-corrected chi connectivity index (χ4v) is 3.01. The Hall–Kier alpha value is -0.740. The number of ether oxygens (including phenoxy) is 2. The van der Waals surface area contributed by atoms with Crippen LogP contribution in [0.1, 0.15) is 64.9 Å². The summed E-state index contributed by atoms with van der Waals surface area (Å²) >= 11 is 3.55. The Balaban J connectivity index is 2.50. The molecule has 132 valence electrons. The van der Waals surface area contributed by atoms with E-state index in [4.69, 9.17) is 9.47 Å². The molecule has 1 rings (SSSR count). The molecule has 0 spiro atoms. The van der Waals surface area contributed by atoms with Crippen molar-refractivity contribution in [3.8, 4) is 11.5 Å². The molecule has 0 heterocycles. The highest BCUT2D eigenvalue weighted by molar-refractivity contribution is 9.10. The first kappa shape index (κ1) is 20.3. The lowest BCUT2D eigenvalue weighted by Gasteiger charge is -2.18.